The van der Waals surface area contributed by atoms with Gasteiger partial charge in [-0.1, -0.05) is 18.2 Å². The second-order valence-corrected chi connectivity index (χ2v) is 8.47. The van der Waals surface area contributed by atoms with Crippen LogP contribution in [0.2, 0.25) is 0 Å². The fourth-order valence-electron chi connectivity index (χ4n) is 4.54. The number of benzene rings is 3. The zero-order chi connectivity index (χ0) is 26.9. The van der Waals surface area contributed by atoms with E-state index < -0.39 is 29.6 Å². The summed E-state index contributed by atoms with van der Waals surface area (Å²) in [5, 5.41) is 2.62. The summed E-state index contributed by atoms with van der Waals surface area (Å²) in [6, 6.07) is 13.6. The van der Waals surface area contributed by atoms with Crippen LogP contribution >= 0.6 is 0 Å². The lowest BCUT2D eigenvalue weighted by molar-refractivity contribution is -0.137. The Kier molecular flexibility index (Phi) is 7.02. The Hall–Kier alpha value is -4.21. The Labute approximate surface area is 211 Å². The minimum Gasteiger partial charge on any atom is -0.497 e. The monoisotopic (exact) mass is 514 g/mol. The summed E-state index contributed by atoms with van der Waals surface area (Å²) in [5.41, 5.74) is 0.330. The Morgan fingerprint density at radius 2 is 1.57 bits per heavy atom. The van der Waals surface area contributed by atoms with Crippen LogP contribution in [-0.2, 0) is 11.0 Å². The molecule has 0 saturated carbocycles. The summed E-state index contributed by atoms with van der Waals surface area (Å²) >= 11 is 0. The van der Waals surface area contributed by atoms with Crippen molar-refractivity contribution in [3.05, 3.63) is 82.9 Å². The summed E-state index contributed by atoms with van der Waals surface area (Å²) in [4.78, 5) is 28.6. The first-order chi connectivity index (χ1) is 17.6. The van der Waals surface area contributed by atoms with Crippen molar-refractivity contribution in [3.8, 4) is 17.2 Å². The molecule has 1 aliphatic heterocycles. The summed E-state index contributed by atoms with van der Waals surface area (Å²) in [6.45, 7) is 0. The maximum absolute atomic E-state index is 13.8. The highest BCUT2D eigenvalue weighted by Gasteiger charge is 2.44. The quantitative estimate of drug-likeness (QED) is 0.485. The van der Waals surface area contributed by atoms with Crippen LogP contribution < -0.4 is 19.5 Å². The maximum atomic E-state index is 13.8. The summed E-state index contributed by atoms with van der Waals surface area (Å²) in [7, 11) is 5.95. The van der Waals surface area contributed by atoms with Crippen LogP contribution in [0.25, 0.3) is 0 Å². The van der Waals surface area contributed by atoms with Crippen LogP contribution in [0.15, 0.2) is 60.7 Å². The molecule has 0 aromatic heterocycles. The smallest absolute Gasteiger partial charge is 0.416 e. The van der Waals surface area contributed by atoms with Gasteiger partial charge in [0.05, 0.1) is 38.9 Å². The number of alkyl halides is 3. The van der Waals surface area contributed by atoms with Crippen LogP contribution in [0.5, 0.6) is 17.2 Å². The number of carbonyl (C=O) groups is 2. The molecule has 1 N–H and O–H groups in total. The fraction of sp³-hybridized carbons (Fsp3) is 0.259. The van der Waals surface area contributed by atoms with E-state index in [1.165, 1.54) is 44.4 Å². The molecule has 2 amide bonds. The zero-order valence-corrected chi connectivity index (χ0v) is 20.6. The van der Waals surface area contributed by atoms with Gasteiger partial charge >= 0.3 is 6.18 Å². The molecule has 0 saturated heterocycles. The molecule has 0 aliphatic carbocycles. The van der Waals surface area contributed by atoms with E-state index in [1.807, 2.05) is 0 Å². The van der Waals surface area contributed by atoms with Crippen molar-refractivity contribution in [3.63, 3.8) is 0 Å². The number of anilines is 1. The van der Waals surface area contributed by atoms with Gasteiger partial charge in [-0.05, 0) is 53.6 Å². The predicted molar refractivity (Wildman–Crippen MR) is 130 cm³/mol. The Morgan fingerprint density at radius 3 is 2.16 bits per heavy atom. The Balaban J connectivity index is 1.85. The molecule has 7 nitrogen and oxygen atoms in total. The van der Waals surface area contributed by atoms with Crippen LogP contribution in [0.3, 0.4) is 0 Å². The molecular weight excluding hydrogens is 489 g/mol. The number of carbonyl (C=O) groups excluding carboxylic acids is 2. The van der Waals surface area contributed by atoms with Gasteiger partial charge in [-0.3, -0.25) is 9.59 Å². The van der Waals surface area contributed by atoms with Crippen molar-refractivity contribution in [2.45, 2.75) is 18.1 Å². The molecule has 3 aromatic carbocycles. The molecule has 0 spiro atoms. The number of amides is 2. The maximum Gasteiger partial charge on any atom is 0.416 e. The third kappa shape index (κ3) is 4.91. The minimum absolute atomic E-state index is 0.0186. The highest BCUT2D eigenvalue weighted by Crippen LogP contribution is 2.46. The van der Waals surface area contributed by atoms with Gasteiger partial charge < -0.3 is 24.4 Å². The van der Waals surface area contributed by atoms with Gasteiger partial charge in [0.25, 0.3) is 5.91 Å². The van der Waals surface area contributed by atoms with Crippen molar-refractivity contribution in [2.24, 2.45) is 0 Å². The first kappa shape index (κ1) is 25.9. The predicted octanol–water partition coefficient (Wildman–Crippen LogP) is 5.28. The average Bonchev–Trinajstić information content (AvgIpc) is 2.89. The minimum atomic E-state index is -4.57. The number of hydrogen-bond acceptors (Lipinski definition) is 5. The molecule has 2 atom stereocenters. The van der Waals surface area contributed by atoms with E-state index in [4.69, 9.17) is 14.2 Å². The van der Waals surface area contributed by atoms with E-state index >= 15 is 0 Å². The lowest BCUT2D eigenvalue weighted by atomic mass is 9.79. The van der Waals surface area contributed by atoms with Crippen LogP contribution in [-0.4, -0.2) is 45.1 Å². The number of nitrogens with one attached hydrogen (secondary N) is 1. The first-order valence-corrected chi connectivity index (χ1v) is 11.2. The van der Waals surface area contributed by atoms with Gasteiger partial charge in [-0.2, -0.15) is 13.2 Å². The standard InChI is InChI=1S/C27H25F3N2O5/c1-32-24(15-8-10-18(35-2)11-9-15)23(19-13-21(36-3)22(37-4)14-20(19)26(32)34)25(33)31-17-7-5-6-16(12-17)27(28,29)30/h5-14,23-24H,1-4H3,(H,31,33)/t23-,24-/m1/s1. The average molecular weight is 515 g/mol. The summed E-state index contributed by atoms with van der Waals surface area (Å²) in [5.74, 6) is -0.717. The SMILES string of the molecule is COc1ccc([C@@H]2[C@H](C(=O)Nc3cccc(C(F)(F)F)c3)c3cc(OC)c(OC)cc3C(=O)N2C)cc1. The first-order valence-electron chi connectivity index (χ1n) is 11.2. The van der Waals surface area contributed by atoms with E-state index in [2.05, 4.69) is 5.32 Å². The van der Waals surface area contributed by atoms with Gasteiger partial charge in [-0.25, -0.2) is 0 Å². The van der Waals surface area contributed by atoms with Gasteiger partial charge in [-0.15, -0.1) is 0 Å². The highest BCUT2D eigenvalue weighted by atomic mass is 19.4. The summed E-state index contributed by atoms with van der Waals surface area (Å²) < 4.78 is 55.8. The molecule has 0 fully saturated rings. The van der Waals surface area contributed by atoms with E-state index in [9.17, 15) is 22.8 Å². The largest absolute Gasteiger partial charge is 0.497 e. The van der Waals surface area contributed by atoms with Crippen LogP contribution in [0.1, 0.15) is 39.0 Å². The lowest BCUT2D eigenvalue weighted by Gasteiger charge is -2.40. The molecule has 0 radical (unpaired) electrons. The highest BCUT2D eigenvalue weighted by molar-refractivity contribution is 6.05. The third-order valence-corrected chi connectivity index (χ3v) is 6.37. The molecule has 3 aromatic rings. The molecule has 10 heteroatoms. The third-order valence-electron chi connectivity index (χ3n) is 6.37. The molecular formula is C27H25F3N2O5. The fourth-order valence-corrected chi connectivity index (χ4v) is 4.54. The number of rotatable bonds is 6. The number of halogens is 3. The molecule has 0 unspecified atom stereocenters. The topological polar surface area (TPSA) is 77.1 Å². The van der Waals surface area contributed by atoms with Crippen molar-refractivity contribution in [2.75, 3.05) is 33.7 Å². The second kappa shape index (κ2) is 10.0. The van der Waals surface area contributed by atoms with Gasteiger partial charge in [0.15, 0.2) is 11.5 Å². The lowest BCUT2D eigenvalue weighted by Crippen LogP contribution is -2.44. The normalized spacial score (nSPS) is 17.2. The number of methoxy groups -OCH3 is 3. The zero-order valence-electron chi connectivity index (χ0n) is 20.6. The van der Waals surface area contributed by atoms with E-state index in [1.54, 1.807) is 37.4 Å². The summed E-state index contributed by atoms with van der Waals surface area (Å²) in [6.07, 6.45) is -4.57. The van der Waals surface area contributed by atoms with Crippen LogP contribution in [0, 0.1) is 0 Å². The van der Waals surface area contributed by atoms with Crippen molar-refractivity contribution in [1.82, 2.24) is 4.90 Å². The molecule has 1 aliphatic rings. The van der Waals surface area contributed by atoms with Gasteiger partial charge in [0.1, 0.15) is 5.75 Å². The Morgan fingerprint density at radius 1 is 0.919 bits per heavy atom. The second-order valence-electron chi connectivity index (χ2n) is 8.47. The van der Waals surface area contributed by atoms with Crippen LogP contribution in [0.4, 0.5) is 18.9 Å². The number of hydrogen-bond donors (Lipinski definition) is 1. The number of likely N-dealkylation sites (N-methyl/N-ethyl adjacent to an activating group) is 1. The molecule has 194 valence electrons. The molecule has 4 rings (SSSR count). The van der Waals surface area contributed by atoms with E-state index in [-0.39, 0.29) is 17.2 Å². The van der Waals surface area contributed by atoms with E-state index in [0.717, 1.165) is 12.1 Å². The Bertz CT molecular complexity index is 1320. The number of fused-ring (bicyclic) bond motifs is 1. The molecule has 1 heterocycles. The van der Waals surface area contributed by atoms with Gasteiger partial charge in [0, 0.05) is 18.3 Å². The number of ether oxygens (including phenoxy) is 3. The number of nitrogens with zero attached hydrogens (tertiary/aromatic N) is 1. The molecule has 0 bridgehead atoms. The van der Waals surface area contributed by atoms with Crippen molar-refractivity contribution >= 4 is 17.5 Å². The van der Waals surface area contributed by atoms with E-state index in [0.29, 0.717) is 28.4 Å². The van der Waals surface area contributed by atoms with Gasteiger partial charge in [0.2, 0.25) is 5.91 Å². The van der Waals surface area contributed by atoms with Crippen molar-refractivity contribution < 1.29 is 37.0 Å². The molecule has 37 heavy (non-hydrogen) atoms. The van der Waals surface area contributed by atoms with Crippen molar-refractivity contribution in [1.29, 1.82) is 0 Å².